The Morgan fingerprint density at radius 1 is 1.44 bits per heavy atom. The summed E-state index contributed by atoms with van der Waals surface area (Å²) in [5.41, 5.74) is -1.66. The van der Waals surface area contributed by atoms with Crippen molar-refractivity contribution in [3.8, 4) is 0 Å². The van der Waals surface area contributed by atoms with E-state index in [-0.39, 0.29) is 11.7 Å². The molecule has 0 spiro atoms. The average molecular weight is 262 g/mol. The zero-order valence-corrected chi connectivity index (χ0v) is 9.88. The lowest BCUT2D eigenvalue weighted by Crippen LogP contribution is -2.15. The van der Waals surface area contributed by atoms with Gasteiger partial charge >= 0.3 is 12.1 Å². The molecule has 0 unspecified atom stereocenters. The highest BCUT2D eigenvalue weighted by Crippen LogP contribution is 2.29. The predicted molar refractivity (Wildman–Crippen MR) is 59.5 cm³/mol. The van der Waals surface area contributed by atoms with Gasteiger partial charge in [0.05, 0.1) is 5.56 Å². The number of aromatic carboxylic acids is 1. The molecule has 0 bridgehead atoms. The van der Waals surface area contributed by atoms with Crippen molar-refractivity contribution in [2.24, 2.45) is 5.92 Å². The number of alkyl halides is 3. The van der Waals surface area contributed by atoms with E-state index in [1.165, 1.54) is 0 Å². The fourth-order valence-corrected chi connectivity index (χ4v) is 1.20. The van der Waals surface area contributed by atoms with Gasteiger partial charge in [-0.3, -0.25) is 0 Å². The molecule has 0 saturated carbocycles. The van der Waals surface area contributed by atoms with Crippen LogP contribution in [-0.4, -0.2) is 22.6 Å². The fraction of sp³-hybridized carbons (Fsp3) is 0.455. The van der Waals surface area contributed by atoms with Gasteiger partial charge in [-0.05, 0) is 18.1 Å². The van der Waals surface area contributed by atoms with Gasteiger partial charge in [-0.15, -0.1) is 0 Å². The average Bonchev–Trinajstić information content (AvgIpc) is 2.24. The third kappa shape index (κ3) is 3.90. The maximum atomic E-state index is 12.5. The first-order chi connectivity index (χ1) is 8.20. The molecule has 0 aliphatic rings. The summed E-state index contributed by atoms with van der Waals surface area (Å²) in [6, 6.07) is 1.60. The van der Waals surface area contributed by atoms with Crippen LogP contribution >= 0.6 is 0 Å². The molecule has 2 N–H and O–H groups in total. The first-order valence-electron chi connectivity index (χ1n) is 5.26. The summed E-state index contributed by atoms with van der Waals surface area (Å²) >= 11 is 0. The Labute approximate surface area is 102 Å². The molecular weight excluding hydrogens is 249 g/mol. The van der Waals surface area contributed by atoms with Crippen molar-refractivity contribution in [2.45, 2.75) is 20.0 Å². The third-order valence-corrected chi connectivity index (χ3v) is 2.05. The van der Waals surface area contributed by atoms with Crippen molar-refractivity contribution in [1.82, 2.24) is 4.98 Å². The molecular formula is C11H13F3N2O2. The number of aromatic nitrogens is 1. The van der Waals surface area contributed by atoms with Gasteiger partial charge in [-0.25, -0.2) is 9.78 Å². The molecule has 0 aliphatic heterocycles. The minimum atomic E-state index is -4.67. The van der Waals surface area contributed by atoms with Crippen molar-refractivity contribution >= 4 is 11.8 Å². The molecule has 18 heavy (non-hydrogen) atoms. The molecule has 100 valence electrons. The predicted octanol–water partition coefficient (Wildman–Crippen LogP) is 2.87. The number of pyridine rings is 1. The van der Waals surface area contributed by atoms with E-state index in [0.29, 0.717) is 12.6 Å². The molecule has 4 nitrogen and oxygen atoms in total. The van der Waals surface area contributed by atoms with Crippen molar-refractivity contribution in [1.29, 1.82) is 0 Å². The number of nitrogens with one attached hydrogen (secondary N) is 1. The van der Waals surface area contributed by atoms with Crippen molar-refractivity contribution in [2.75, 3.05) is 11.9 Å². The zero-order chi connectivity index (χ0) is 13.9. The number of carboxylic acid groups (broad SMARTS) is 1. The first kappa shape index (κ1) is 14.3. The standard InChI is InChI=1S/C11H13F3N2O2/c1-6(2)5-15-9-4-7(10(17)18)3-8(16-9)11(12,13)14/h3-4,6H,5H2,1-2H3,(H,15,16)(H,17,18). The van der Waals surface area contributed by atoms with Gasteiger partial charge < -0.3 is 10.4 Å². The van der Waals surface area contributed by atoms with Gasteiger partial charge in [0.15, 0.2) is 0 Å². The highest BCUT2D eigenvalue weighted by molar-refractivity contribution is 5.88. The lowest BCUT2D eigenvalue weighted by Gasteiger charge is -2.12. The van der Waals surface area contributed by atoms with Crippen molar-refractivity contribution < 1.29 is 23.1 Å². The molecule has 1 aromatic heterocycles. The fourth-order valence-electron chi connectivity index (χ4n) is 1.20. The number of carboxylic acids is 1. The lowest BCUT2D eigenvalue weighted by atomic mass is 10.2. The van der Waals surface area contributed by atoms with Crippen LogP contribution in [-0.2, 0) is 6.18 Å². The quantitative estimate of drug-likeness (QED) is 0.875. The number of rotatable bonds is 4. The van der Waals surface area contributed by atoms with Crippen LogP contribution in [0.5, 0.6) is 0 Å². The molecule has 0 amide bonds. The summed E-state index contributed by atoms with van der Waals surface area (Å²) in [7, 11) is 0. The zero-order valence-electron chi connectivity index (χ0n) is 9.88. The van der Waals surface area contributed by atoms with Crippen LogP contribution in [0, 0.1) is 5.92 Å². The Hall–Kier alpha value is -1.79. The van der Waals surface area contributed by atoms with Crippen LogP contribution in [0.1, 0.15) is 29.9 Å². The van der Waals surface area contributed by atoms with E-state index in [2.05, 4.69) is 10.3 Å². The second kappa shape index (κ2) is 5.24. The number of halogens is 3. The number of hydrogen-bond donors (Lipinski definition) is 2. The molecule has 1 rings (SSSR count). The topological polar surface area (TPSA) is 62.2 Å². The number of carbonyl (C=O) groups is 1. The Morgan fingerprint density at radius 3 is 2.50 bits per heavy atom. The number of anilines is 1. The molecule has 0 fully saturated rings. The number of hydrogen-bond acceptors (Lipinski definition) is 3. The molecule has 7 heteroatoms. The Kier molecular flexibility index (Phi) is 4.15. The molecule has 0 aliphatic carbocycles. The maximum Gasteiger partial charge on any atom is 0.433 e. The second-order valence-electron chi connectivity index (χ2n) is 4.20. The Bertz CT molecular complexity index is 444. The summed E-state index contributed by atoms with van der Waals surface area (Å²) in [5.74, 6) is -1.30. The summed E-state index contributed by atoms with van der Waals surface area (Å²) in [5, 5.41) is 11.4. The largest absolute Gasteiger partial charge is 0.478 e. The van der Waals surface area contributed by atoms with E-state index >= 15 is 0 Å². The minimum absolute atomic E-state index is 0.0871. The summed E-state index contributed by atoms with van der Waals surface area (Å²) < 4.78 is 37.6. The highest BCUT2D eigenvalue weighted by atomic mass is 19.4. The summed E-state index contributed by atoms with van der Waals surface area (Å²) in [6.07, 6.45) is -4.67. The Balaban J connectivity index is 3.10. The van der Waals surface area contributed by atoms with Gasteiger partial charge in [0.1, 0.15) is 11.5 Å². The number of nitrogens with zero attached hydrogens (tertiary/aromatic N) is 1. The van der Waals surface area contributed by atoms with Crippen LogP contribution in [0.3, 0.4) is 0 Å². The molecule has 1 aromatic rings. The van der Waals surface area contributed by atoms with Crippen molar-refractivity contribution in [3.05, 3.63) is 23.4 Å². The monoisotopic (exact) mass is 262 g/mol. The second-order valence-corrected chi connectivity index (χ2v) is 4.20. The van der Waals surface area contributed by atoms with Crippen LogP contribution in [0.15, 0.2) is 12.1 Å². The molecule has 0 aromatic carbocycles. The Morgan fingerprint density at radius 2 is 2.06 bits per heavy atom. The van der Waals surface area contributed by atoms with Crippen LogP contribution < -0.4 is 5.32 Å². The van der Waals surface area contributed by atoms with E-state index in [1.807, 2.05) is 13.8 Å². The van der Waals surface area contributed by atoms with E-state index < -0.39 is 23.4 Å². The van der Waals surface area contributed by atoms with Gasteiger partial charge in [-0.2, -0.15) is 13.2 Å². The summed E-state index contributed by atoms with van der Waals surface area (Å²) in [6.45, 7) is 4.16. The smallest absolute Gasteiger partial charge is 0.433 e. The van der Waals surface area contributed by atoms with Crippen molar-refractivity contribution in [3.63, 3.8) is 0 Å². The summed E-state index contributed by atoms with van der Waals surface area (Å²) in [4.78, 5) is 14.1. The van der Waals surface area contributed by atoms with Crippen LogP contribution in [0.2, 0.25) is 0 Å². The normalized spacial score (nSPS) is 11.7. The molecule has 1 heterocycles. The lowest BCUT2D eigenvalue weighted by molar-refractivity contribution is -0.141. The maximum absolute atomic E-state index is 12.5. The van der Waals surface area contributed by atoms with Gasteiger partial charge in [-0.1, -0.05) is 13.8 Å². The SMILES string of the molecule is CC(C)CNc1cc(C(=O)O)cc(C(F)(F)F)n1. The van der Waals surface area contributed by atoms with E-state index in [9.17, 15) is 18.0 Å². The molecule has 0 radical (unpaired) electrons. The third-order valence-electron chi connectivity index (χ3n) is 2.05. The van der Waals surface area contributed by atoms with Gasteiger partial charge in [0.2, 0.25) is 0 Å². The van der Waals surface area contributed by atoms with Gasteiger partial charge in [0, 0.05) is 6.54 Å². The van der Waals surface area contributed by atoms with Crippen LogP contribution in [0.4, 0.5) is 19.0 Å². The van der Waals surface area contributed by atoms with E-state index in [4.69, 9.17) is 5.11 Å². The molecule has 0 atom stereocenters. The first-order valence-corrected chi connectivity index (χ1v) is 5.26. The van der Waals surface area contributed by atoms with E-state index in [1.54, 1.807) is 0 Å². The molecule has 0 saturated heterocycles. The highest BCUT2D eigenvalue weighted by Gasteiger charge is 2.33. The minimum Gasteiger partial charge on any atom is -0.478 e. The van der Waals surface area contributed by atoms with Crippen LogP contribution in [0.25, 0.3) is 0 Å². The van der Waals surface area contributed by atoms with Gasteiger partial charge in [0.25, 0.3) is 0 Å². The van der Waals surface area contributed by atoms with E-state index in [0.717, 1.165) is 6.07 Å².